The summed E-state index contributed by atoms with van der Waals surface area (Å²) in [5, 5.41) is 3.04. The van der Waals surface area contributed by atoms with Gasteiger partial charge in [0.05, 0.1) is 10.7 Å². The summed E-state index contributed by atoms with van der Waals surface area (Å²) in [6, 6.07) is 1.68. The van der Waals surface area contributed by atoms with Crippen molar-refractivity contribution < 1.29 is 14.3 Å². The second-order valence-corrected chi connectivity index (χ2v) is 6.78. The van der Waals surface area contributed by atoms with Crippen LogP contribution >= 0.6 is 27.5 Å². The molecule has 0 aliphatic heterocycles. The molecule has 0 radical (unpaired) electrons. The smallest absolute Gasteiger partial charge is 0.407 e. The van der Waals surface area contributed by atoms with Crippen molar-refractivity contribution in [2.24, 2.45) is 0 Å². The average molecular weight is 390 g/mol. The van der Waals surface area contributed by atoms with Gasteiger partial charge in [-0.25, -0.2) is 9.78 Å². The van der Waals surface area contributed by atoms with Crippen molar-refractivity contribution in [1.29, 1.82) is 0 Å². The highest BCUT2D eigenvalue weighted by Crippen LogP contribution is 2.24. The average Bonchev–Trinajstić information content (AvgIpc) is 2.38. The highest BCUT2D eigenvalue weighted by Gasteiger charge is 2.19. The number of hydrogen-bond acceptors (Lipinski definition) is 4. The van der Waals surface area contributed by atoms with Gasteiger partial charge in [-0.15, -0.1) is 12.3 Å². The minimum absolute atomic E-state index is 0.123. The molecule has 5 nitrogen and oxygen atoms in total. The molecule has 0 aliphatic carbocycles. The molecule has 1 atom stereocenters. The van der Waals surface area contributed by atoms with Crippen molar-refractivity contribution in [3.05, 3.63) is 21.9 Å². The van der Waals surface area contributed by atoms with E-state index in [9.17, 15) is 4.79 Å². The molecule has 0 saturated carbocycles. The Morgan fingerprint density at radius 1 is 1.59 bits per heavy atom. The summed E-state index contributed by atoms with van der Waals surface area (Å²) in [4.78, 5) is 15.7. The molecule has 0 spiro atoms. The van der Waals surface area contributed by atoms with Crippen LogP contribution in [0.2, 0.25) is 5.15 Å². The second kappa shape index (κ2) is 8.25. The van der Waals surface area contributed by atoms with Crippen LogP contribution in [0.1, 0.15) is 27.2 Å². The van der Waals surface area contributed by atoms with E-state index in [1.807, 2.05) is 20.8 Å². The predicted octanol–water partition coefficient (Wildman–Crippen LogP) is 3.79. The minimum atomic E-state index is -0.554. The molecule has 0 aliphatic rings. The summed E-state index contributed by atoms with van der Waals surface area (Å²) in [6.45, 7) is 5.70. The van der Waals surface area contributed by atoms with E-state index >= 15 is 0 Å². The van der Waals surface area contributed by atoms with Crippen molar-refractivity contribution in [3.63, 3.8) is 0 Å². The molecule has 7 heteroatoms. The Balaban J connectivity index is 2.59. The normalized spacial score (nSPS) is 12.2. The highest BCUT2D eigenvalue weighted by atomic mass is 79.9. The Morgan fingerprint density at radius 3 is 2.82 bits per heavy atom. The molecule has 1 N–H and O–H groups in total. The number of nitrogens with zero attached hydrogens (tertiary/aromatic N) is 1. The maximum atomic E-state index is 11.8. The van der Waals surface area contributed by atoms with Gasteiger partial charge in [0.25, 0.3) is 0 Å². The first kappa shape index (κ1) is 18.6. The van der Waals surface area contributed by atoms with Crippen LogP contribution in [0.5, 0.6) is 5.75 Å². The van der Waals surface area contributed by atoms with Crippen molar-refractivity contribution in [1.82, 2.24) is 10.3 Å². The summed E-state index contributed by atoms with van der Waals surface area (Å²) in [5.74, 6) is 2.96. The first-order valence-electron chi connectivity index (χ1n) is 6.57. The van der Waals surface area contributed by atoms with Crippen molar-refractivity contribution in [2.75, 3.05) is 6.61 Å². The molecule has 0 fully saturated rings. The van der Waals surface area contributed by atoms with E-state index in [0.29, 0.717) is 15.4 Å². The van der Waals surface area contributed by atoms with Gasteiger partial charge < -0.3 is 14.8 Å². The van der Waals surface area contributed by atoms with Gasteiger partial charge in [-0.2, -0.15) is 0 Å². The lowest BCUT2D eigenvalue weighted by atomic mass is 10.1. The molecule has 22 heavy (non-hydrogen) atoms. The standard InChI is InChI=1S/C15H18BrClN2O3/c1-5-6-10(22-14(20)19-15(2,3)4)9-21-11-7-12(16)13(17)18-8-11/h1,7-8,10H,6,9H2,2-4H3,(H,19,20)/t10-/m0/s1. The monoisotopic (exact) mass is 388 g/mol. The first-order chi connectivity index (χ1) is 10.2. The van der Waals surface area contributed by atoms with E-state index < -0.39 is 12.2 Å². The van der Waals surface area contributed by atoms with Crippen LogP contribution < -0.4 is 10.1 Å². The summed E-state index contributed by atoms with van der Waals surface area (Å²) >= 11 is 9.06. The molecule has 0 aromatic carbocycles. The molecule has 120 valence electrons. The number of amides is 1. The van der Waals surface area contributed by atoms with E-state index in [-0.39, 0.29) is 18.6 Å². The molecule has 1 amide bonds. The Bertz CT molecular complexity index is 567. The molecular formula is C15H18BrClN2O3. The number of aromatic nitrogens is 1. The maximum Gasteiger partial charge on any atom is 0.407 e. The van der Waals surface area contributed by atoms with E-state index in [2.05, 4.69) is 32.2 Å². The predicted molar refractivity (Wildman–Crippen MR) is 89.0 cm³/mol. The zero-order valence-electron chi connectivity index (χ0n) is 12.7. The molecule has 0 bridgehead atoms. The number of carbonyl (C=O) groups is 1. The molecule has 0 saturated heterocycles. The molecule has 1 heterocycles. The van der Waals surface area contributed by atoms with Gasteiger partial charge in [-0.1, -0.05) is 11.6 Å². The number of carbonyl (C=O) groups excluding carboxylic acids is 1. The zero-order valence-corrected chi connectivity index (χ0v) is 15.0. The van der Waals surface area contributed by atoms with E-state index in [0.717, 1.165) is 0 Å². The third-order valence-corrected chi connectivity index (χ3v) is 3.44. The zero-order chi connectivity index (χ0) is 16.8. The largest absolute Gasteiger partial charge is 0.488 e. The second-order valence-electron chi connectivity index (χ2n) is 5.57. The Morgan fingerprint density at radius 2 is 2.27 bits per heavy atom. The lowest BCUT2D eigenvalue weighted by Crippen LogP contribution is -2.43. The van der Waals surface area contributed by atoms with Crippen LogP contribution in [-0.2, 0) is 4.74 Å². The molecule has 1 aromatic rings. The SMILES string of the molecule is C#CC[C@@H](COc1cnc(Cl)c(Br)c1)OC(=O)NC(C)(C)C. The lowest BCUT2D eigenvalue weighted by molar-refractivity contribution is 0.0633. The van der Waals surface area contributed by atoms with Crippen molar-refractivity contribution in [3.8, 4) is 18.1 Å². The Kier molecular flexibility index (Phi) is 6.98. The van der Waals surface area contributed by atoms with Crippen molar-refractivity contribution in [2.45, 2.75) is 38.8 Å². The van der Waals surface area contributed by atoms with E-state index in [1.54, 1.807) is 6.07 Å². The topological polar surface area (TPSA) is 60.5 Å². The fourth-order valence-corrected chi connectivity index (χ4v) is 1.86. The summed E-state index contributed by atoms with van der Waals surface area (Å²) in [6.07, 6.45) is 5.93. The van der Waals surface area contributed by atoms with Gasteiger partial charge in [-0.3, -0.25) is 0 Å². The molecule has 1 aromatic heterocycles. The van der Waals surface area contributed by atoms with Crippen LogP contribution in [0.25, 0.3) is 0 Å². The van der Waals surface area contributed by atoms with Crippen LogP contribution in [0.3, 0.4) is 0 Å². The summed E-state index contributed by atoms with van der Waals surface area (Å²) in [7, 11) is 0. The molecular weight excluding hydrogens is 372 g/mol. The molecule has 1 rings (SSSR count). The Labute approximate surface area is 143 Å². The summed E-state index contributed by atoms with van der Waals surface area (Å²) < 4.78 is 11.4. The fraction of sp³-hybridized carbons (Fsp3) is 0.467. The third kappa shape index (κ3) is 7.01. The number of pyridine rings is 1. The van der Waals surface area contributed by atoms with Gasteiger partial charge in [0.1, 0.15) is 23.6 Å². The van der Waals surface area contributed by atoms with Crippen molar-refractivity contribution >= 4 is 33.6 Å². The molecule has 0 unspecified atom stereocenters. The van der Waals surface area contributed by atoms with Gasteiger partial charge in [0, 0.05) is 12.0 Å². The third-order valence-electron chi connectivity index (χ3n) is 2.30. The van der Waals surface area contributed by atoms with Crippen LogP contribution in [0, 0.1) is 12.3 Å². The maximum absolute atomic E-state index is 11.8. The number of rotatable bonds is 5. The van der Waals surface area contributed by atoms with Crippen LogP contribution in [-0.4, -0.2) is 29.3 Å². The summed E-state index contributed by atoms with van der Waals surface area (Å²) in [5.41, 5.74) is -0.385. The lowest BCUT2D eigenvalue weighted by Gasteiger charge is -2.23. The quantitative estimate of drug-likeness (QED) is 0.615. The number of alkyl carbamates (subject to hydrolysis) is 1. The fourth-order valence-electron chi connectivity index (χ4n) is 1.42. The van der Waals surface area contributed by atoms with Gasteiger partial charge in [0.15, 0.2) is 0 Å². The minimum Gasteiger partial charge on any atom is -0.488 e. The van der Waals surface area contributed by atoms with Crippen LogP contribution in [0.15, 0.2) is 16.7 Å². The number of terminal acetylenes is 1. The number of ether oxygens (including phenoxy) is 2. The number of hydrogen-bond donors (Lipinski definition) is 1. The van der Waals surface area contributed by atoms with E-state index in [1.165, 1.54) is 6.20 Å². The highest BCUT2D eigenvalue weighted by molar-refractivity contribution is 9.10. The number of halogens is 2. The van der Waals surface area contributed by atoms with Gasteiger partial charge in [0.2, 0.25) is 0 Å². The number of nitrogens with one attached hydrogen (secondary N) is 1. The van der Waals surface area contributed by atoms with Crippen LogP contribution in [0.4, 0.5) is 4.79 Å². The van der Waals surface area contributed by atoms with Gasteiger partial charge >= 0.3 is 6.09 Å². The Hall–Kier alpha value is -1.45. The first-order valence-corrected chi connectivity index (χ1v) is 7.74. The van der Waals surface area contributed by atoms with Gasteiger partial charge in [-0.05, 0) is 42.8 Å². The van der Waals surface area contributed by atoms with E-state index in [4.69, 9.17) is 27.5 Å².